The van der Waals surface area contributed by atoms with Crippen molar-refractivity contribution in [3.05, 3.63) is 52.0 Å². The fourth-order valence-electron chi connectivity index (χ4n) is 3.80. The van der Waals surface area contributed by atoms with E-state index in [0.29, 0.717) is 10.8 Å². The molecule has 3 aromatic rings. The van der Waals surface area contributed by atoms with Crippen LogP contribution in [0.4, 0.5) is 16.5 Å². The van der Waals surface area contributed by atoms with Crippen LogP contribution in [0.1, 0.15) is 41.7 Å². The van der Waals surface area contributed by atoms with Crippen LogP contribution in [0, 0.1) is 17.0 Å². The molecule has 1 amide bonds. The molecule has 10 heteroatoms. The number of amides is 1. The Hall–Kier alpha value is -3.27. The highest BCUT2D eigenvalue weighted by Crippen LogP contribution is 2.33. The lowest BCUT2D eigenvalue weighted by Gasteiger charge is -2.22. The second-order valence-corrected chi connectivity index (χ2v) is 8.61. The topological polar surface area (TPSA) is 106 Å². The van der Waals surface area contributed by atoms with E-state index in [1.807, 2.05) is 24.7 Å². The smallest absolute Gasteiger partial charge is 0.293 e. The predicted molar refractivity (Wildman–Crippen MR) is 121 cm³/mol. The van der Waals surface area contributed by atoms with Gasteiger partial charge in [0, 0.05) is 44.2 Å². The van der Waals surface area contributed by atoms with E-state index < -0.39 is 10.8 Å². The first-order chi connectivity index (χ1) is 14.9. The molecular formula is C21H24N6O3S. The number of carbonyl (C=O) groups excluding carboxylic acids is 1. The van der Waals surface area contributed by atoms with Gasteiger partial charge in [0.15, 0.2) is 11.0 Å². The zero-order chi connectivity index (χ0) is 22.0. The first-order valence-electron chi connectivity index (χ1n) is 10.2. The molecule has 1 fully saturated rings. The summed E-state index contributed by atoms with van der Waals surface area (Å²) in [6.07, 6.45) is 7.86. The van der Waals surface area contributed by atoms with E-state index in [2.05, 4.69) is 20.2 Å². The molecule has 0 radical (unpaired) electrons. The number of rotatable bonds is 5. The van der Waals surface area contributed by atoms with E-state index in [1.165, 1.54) is 17.4 Å². The molecule has 1 aromatic carbocycles. The number of nitro benzene ring substituents is 1. The first kappa shape index (κ1) is 21.0. The SMILES string of the molecule is Cc1nc(NC(=O)c2ccc(N3CCCCCC3)c([N+](=O)[O-])c2)sc1-c1nccn1C. The fourth-order valence-corrected chi connectivity index (χ4v) is 4.80. The second kappa shape index (κ2) is 8.84. The summed E-state index contributed by atoms with van der Waals surface area (Å²) < 4.78 is 1.89. The van der Waals surface area contributed by atoms with Crippen molar-refractivity contribution in [2.24, 2.45) is 7.05 Å². The van der Waals surface area contributed by atoms with E-state index in [9.17, 15) is 14.9 Å². The lowest BCUT2D eigenvalue weighted by molar-refractivity contribution is -0.384. The molecule has 162 valence electrons. The van der Waals surface area contributed by atoms with E-state index >= 15 is 0 Å². The monoisotopic (exact) mass is 440 g/mol. The van der Waals surface area contributed by atoms with E-state index in [4.69, 9.17) is 0 Å². The highest BCUT2D eigenvalue weighted by Gasteiger charge is 2.23. The molecule has 0 unspecified atom stereocenters. The third-order valence-corrected chi connectivity index (χ3v) is 6.49. The normalized spacial score (nSPS) is 14.3. The number of benzene rings is 1. The van der Waals surface area contributed by atoms with Crippen LogP contribution in [0.5, 0.6) is 0 Å². The molecule has 0 bridgehead atoms. The van der Waals surface area contributed by atoms with Crippen molar-refractivity contribution in [1.82, 2.24) is 14.5 Å². The number of nitrogens with one attached hydrogen (secondary N) is 1. The molecule has 2 aromatic heterocycles. The Morgan fingerprint density at radius 2 is 1.97 bits per heavy atom. The molecule has 0 atom stereocenters. The Labute approximate surface area is 183 Å². The van der Waals surface area contributed by atoms with E-state index in [0.717, 1.165) is 55.2 Å². The quantitative estimate of drug-likeness (QED) is 0.466. The third kappa shape index (κ3) is 4.43. The summed E-state index contributed by atoms with van der Waals surface area (Å²) in [7, 11) is 1.89. The van der Waals surface area contributed by atoms with Gasteiger partial charge in [-0.3, -0.25) is 20.2 Å². The van der Waals surface area contributed by atoms with Gasteiger partial charge in [-0.2, -0.15) is 0 Å². The summed E-state index contributed by atoms with van der Waals surface area (Å²) in [5.74, 6) is 0.346. The number of carbonyl (C=O) groups is 1. The maximum Gasteiger partial charge on any atom is 0.293 e. The summed E-state index contributed by atoms with van der Waals surface area (Å²) in [4.78, 5) is 35.8. The van der Waals surface area contributed by atoms with Gasteiger partial charge in [0.2, 0.25) is 0 Å². The first-order valence-corrected chi connectivity index (χ1v) is 11.1. The molecule has 0 aliphatic carbocycles. The van der Waals surface area contributed by atoms with Gasteiger partial charge in [0.1, 0.15) is 5.69 Å². The highest BCUT2D eigenvalue weighted by molar-refractivity contribution is 7.19. The Kier molecular flexibility index (Phi) is 5.99. The van der Waals surface area contributed by atoms with Crippen LogP contribution in [0.25, 0.3) is 10.7 Å². The summed E-state index contributed by atoms with van der Waals surface area (Å²) >= 11 is 1.32. The number of aromatic nitrogens is 3. The van der Waals surface area contributed by atoms with Gasteiger partial charge in [-0.1, -0.05) is 24.2 Å². The van der Waals surface area contributed by atoms with Gasteiger partial charge in [0.25, 0.3) is 11.6 Å². The maximum atomic E-state index is 12.8. The summed E-state index contributed by atoms with van der Waals surface area (Å²) in [5.41, 5.74) is 1.53. The van der Waals surface area contributed by atoms with Gasteiger partial charge in [-0.25, -0.2) is 9.97 Å². The number of anilines is 2. The van der Waals surface area contributed by atoms with Gasteiger partial charge < -0.3 is 9.47 Å². The number of imidazole rings is 1. The number of nitro groups is 1. The van der Waals surface area contributed by atoms with Gasteiger partial charge in [-0.05, 0) is 31.9 Å². The molecule has 1 aliphatic heterocycles. The summed E-state index contributed by atoms with van der Waals surface area (Å²) in [6.45, 7) is 3.44. The Morgan fingerprint density at radius 3 is 2.61 bits per heavy atom. The fraction of sp³-hybridized carbons (Fsp3) is 0.381. The van der Waals surface area contributed by atoms with Crippen LogP contribution in [0.15, 0.2) is 30.6 Å². The largest absolute Gasteiger partial charge is 0.366 e. The van der Waals surface area contributed by atoms with Crippen molar-refractivity contribution >= 4 is 33.8 Å². The average Bonchev–Trinajstić information content (AvgIpc) is 3.20. The number of nitrogens with zero attached hydrogens (tertiary/aromatic N) is 5. The number of hydrogen-bond donors (Lipinski definition) is 1. The van der Waals surface area contributed by atoms with Crippen molar-refractivity contribution in [1.29, 1.82) is 0 Å². The van der Waals surface area contributed by atoms with Crippen molar-refractivity contribution in [2.45, 2.75) is 32.6 Å². The van der Waals surface area contributed by atoms with Crippen molar-refractivity contribution in [3.8, 4) is 10.7 Å². The zero-order valence-electron chi connectivity index (χ0n) is 17.5. The standard InChI is InChI=1S/C21H24N6O3S/c1-14-18(19-22-9-12-25(19)2)31-21(23-14)24-20(28)15-7-8-16(17(13-15)27(29)30)26-10-5-3-4-6-11-26/h7-9,12-13H,3-6,10-11H2,1-2H3,(H,23,24,28). The third-order valence-electron chi connectivity index (χ3n) is 5.42. The van der Waals surface area contributed by atoms with Crippen LogP contribution < -0.4 is 10.2 Å². The van der Waals surface area contributed by atoms with Gasteiger partial charge in [-0.15, -0.1) is 0 Å². The van der Waals surface area contributed by atoms with Gasteiger partial charge in [0.05, 0.1) is 15.5 Å². The molecule has 3 heterocycles. The molecule has 4 rings (SSSR count). The predicted octanol–water partition coefficient (Wildman–Crippen LogP) is 4.39. The van der Waals surface area contributed by atoms with Crippen LogP contribution in [-0.2, 0) is 7.05 Å². The molecular weight excluding hydrogens is 416 g/mol. The second-order valence-electron chi connectivity index (χ2n) is 7.61. The molecule has 1 N–H and O–H groups in total. The lowest BCUT2D eigenvalue weighted by atomic mass is 10.1. The Bertz CT molecular complexity index is 1110. The van der Waals surface area contributed by atoms with Crippen LogP contribution in [0.2, 0.25) is 0 Å². The Balaban J connectivity index is 1.57. The van der Waals surface area contributed by atoms with Gasteiger partial charge >= 0.3 is 0 Å². The van der Waals surface area contributed by atoms with E-state index in [1.54, 1.807) is 18.3 Å². The zero-order valence-corrected chi connectivity index (χ0v) is 18.3. The van der Waals surface area contributed by atoms with Crippen LogP contribution >= 0.6 is 11.3 Å². The highest BCUT2D eigenvalue weighted by atomic mass is 32.1. The van der Waals surface area contributed by atoms with Crippen molar-refractivity contribution in [2.75, 3.05) is 23.3 Å². The maximum absolute atomic E-state index is 12.8. The minimum absolute atomic E-state index is 0.0430. The molecule has 9 nitrogen and oxygen atoms in total. The summed E-state index contributed by atoms with van der Waals surface area (Å²) in [5, 5.41) is 14.9. The van der Waals surface area contributed by atoms with Crippen molar-refractivity contribution in [3.63, 3.8) is 0 Å². The van der Waals surface area contributed by atoms with Crippen molar-refractivity contribution < 1.29 is 9.72 Å². The average molecular weight is 441 g/mol. The number of hydrogen-bond acceptors (Lipinski definition) is 7. The summed E-state index contributed by atoms with van der Waals surface area (Å²) in [6, 6.07) is 4.68. The van der Waals surface area contributed by atoms with Crippen LogP contribution in [-0.4, -0.2) is 38.5 Å². The minimum Gasteiger partial charge on any atom is -0.366 e. The molecule has 31 heavy (non-hydrogen) atoms. The molecule has 1 aliphatic rings. The molecule has 1 saturated heterocycles. The minimum atomic E-state index is -0.425. The lowest BCUT2D eigenvalue weighted by Crippen LogP contribution is -2.25. The van der Waals surface area contributed by atoms with Crippen LogP contribution in [0.3, 0.4) is 0 Å². The number of aryl methyl sites for hydroxylation is 2. The molecule has 0 saturated carbocycles. The number of thiazole rings is 1. The Morgan fingerprint density at radius 1 is 1.23 bits per heavy atom. The van der Waals surface area contributed by atoms with E-state index in [-0.39, 0.29) is 11.3 Å². The molecule has 0 spiro atoms.